The van der Waals surface area contributed by atoms with E-state index < -0.39 is 0 Å². The highest BCUT2D eigenvalue weighted by Crippen LogP contribution is 2.29. The van der Waals surface area contributed by atoms with Crippen LogP contribution >= 0.6 is 0 Å². The van der Waals surface area contributed by atoms with Crippen LogP contribution in [0.25, 0.3) is 11.0 Å². The molecule has 2 heterocycles. The van der Waals surface area contributed by atoms with Crippen molar-refractivity contribution in [2.45, 2.75) is 26.7 Å². The third-order valence-electron chi connectivity index (χ3n) is 5.84. The molecule has 4 rings (SSSR count). The average molecular weight is 425 g/mol. The number of piperazine rings is 1. The molecule has 1 aliphatic rings. The third-order valence-corrected chi connectivity index (χ3v) is 5.84. The second-order valence-corrected chi connectivity index (χ2v) is 8.22. The van der Waals surface area contributed by atoms with Crippen LogP contribution in [-0.4, -0.2) is 44.2 Å². The standard InChI is InChI=1S/C25H29FN2O3/c1-18-15-22(25-19(2)17-24(29)31-23(25)16-18)30-14-6-5-9-27-10-12-28(13-11-27)21-8-4-3-7-20(21)26/h3-4,7-8,15-17H,5-6,9-14H2,1-2H3. The molecule has 31 heavy (non-hydrogen) atoms. The van der Waals surface area contributed by atoms with E-state index >= 15 is 0 Å². The monoisotopic (exact) mass is 424 g/mol. The van der Waals surface area contributed by atoms with Gasteiger partial charge in [0.1, 0.15) is 17.1 Å². The first kappa shape index (κ1) is 21.4. The Bertz CT molecular complexity index is 1100. The summed E-state index contributed by atoms with van der Waals surface area (Å²) in [5.41, 5.74) is 2.81. The third kappa shape index (κ3) is 5.07. The highest BCUT2D eigenvalue weighted by atomic mass is 19.1. The minimum atomic E-state index is -0.336. The number of unbranched alkanes of at least 4 members (excludes halogenated alkanes) is 1. The van der Waals surface area contributed by atoms with Gasteiger partial charge < -0.3 is 14.1 Å². The first-order chi connectivity index (χ1) is 15.0. The molecule has 0 N–H and O–H groups in total. The molecule has 1 aliphatic heterocycles. The van der Waals surface area contributed by atoms with Gasteiger partial charge in [-0.1, -0.05) is 12.1 Å². The lowest BCUT2D eigenvalue weighted by Gasteiger charge is -2.36. The van der Waals surface area contributed by atoms with Gasteiger partial charge in [-0.3, -0.25) is 4.90 Å². The van der Waals surface area contributed by atoms with Crippen molar-refractivity contribution in [1.82, 2.24) is 4.90 Å². The lowest BCUT2D eigenvalue weighted by molar-refractivity contribution is 0.238. The van der Waals surface area contributed by atoms with E-state index in [0.717, 1.165) is 67.8 Å². The highest BCUT2D eigenvalue weighted by Gasteiger charge is 2.18. The second kappa shape index (κ2) is 9.52. The fourth-order valence-electron chi connectivity index (χ4n) is 4.23. The van der Waals surface area contributed by atoms with Gasteiger partial charge in [-0.25, -0.2) is 9.18 Å². The summed E-state index contributed by atoms with van der Waals surface area (Å²) >= 11 is 0. The molecule has 0 aliphatic carbocycles. The summed E-state index contributed by atoms with van der Waals surface area (Å²) < 4.78 is 25.4. The molecular formula is C25H29FN2O3. The molecule has 0 bridgehead atoms. The van der Waals surface area contributed by atoms with Crippen molar-refractivity contribution < 1.29 is 13.5 Å². The number of para-hydroxylation sites is 1. The predicted molar refractivity (Wildman–Crippen MR) is 122 cm³/mol. The van der Waals surface area contributed by atoms with Crippen molar-refractivity contribution >= 4 is 16.7 Å². The molecule has 0 spiro atoms. The molecule has 0 atom stereocenters. The molecule has 1 saturated heterocycles. The van der Waals surface area contributed by atoms with Gasteiger partial charge in [0.05, 0.1) is 17.7 Å². The van der Waals surface area contributed by atoms with Crippen LogP contribution in [0.1, 0.15) is 24.0 Å². The van der Waals surface area contributed by atoms with Crippen LogP contribution < -0.4 is 15.3 Å². The first-order valence-electron chi connectivity index (χ1n) is 10.9. The van der Waals surface area contributed by atoms with Gasteiger partial charge in [-0.05, 0) is 68.6 Å². The van der Waals surface area contributed by atoms with Crippen molar-refractivity contribution in [3.8, 4) is 5.75 Å². The van der Waals surface area contributed by atoms with Crippen LogP contribution in [0.15, 0.2) is 51.7 Å². The Morgan fingerprint density at radius 1 is 1.03 bits per heavy atom. The maximum absolute atomic E-state index is 14.0. The van der Waals surface area contributed by atoms with Gasteiger partial charge in [-0.15, -0.1) is 0 Å². The molecule has 6 heteroatoms. The summed E-state index contributed by atoms with van der Waals surface area (Å²) in [6.45, 7) is 9.07. The Balaban J connectivity index is 1.25. The summed E-state index contributed by atoms with van der Waals surface area (Å²) in [5, 5.41) is 0.870. The molecule has 0 amide bonds. The van der Waals surface area contributed by atoms with Gasteiger partial charge in [0.25, 0.3) is 0 Å². The van der Waals surface area contributed by atoms with E-state index in [0.29, 0.717) is 17.9 Å². The minimum Gasteiger partial charge on any atom is -0.493 e. The lowest BCUT2D eigenvalue weighted by Crippen LogP contribution is -2.46. The van der Waals surface area contributed by atoms with E-state index in [2.05, 4.69) is 9.80 Å². The average Bonchev–Trinajstić information content (AvgIpc) is 2.73. The molecule has 2 aromatic carbocycles. The zero-order valence-electron chi connectivity index (χ0n) is 18.2. The Labute approximate surface area is 182 Å². The Morgan fingerprint density at radius 2 is 1.81 bits per heavy atom. The molecular weight excluding hydrogens is 395 g/mol. The minimum absolute atomic E-state index is 0.147. The number of benzene rings is 2. The zero-order chi connectivity index (χ0) is 21.8. The zero-order valence-corrected chi connectivity index (χ0v) is 18.2. The van der Waals surface area contributed by atoms with Gasteiger partial charge in [0, 0.05) is 32.2 Å². The molecule has 3 aromatic rings. The van der Waals surface area contributed by atoms with Crippen LogP contribution in [0.5, 0.6) is 5.75 Å². The van der Waals surface area contributed by atoms with Crippen LogP contribution in [0, 0.1) is 19.7 Å². The number of halogens is 1. The normalized spacial score (nSPS) is 14.9. The number of anilines is 1. The van der Waals surface area contributed by atoms with Gasteiger partial charge in [0.2, 0.25) is 0 Å². The molecule has 1 aromatic heterocycles. The molecule has 1 fully saturated rings. The fraction of sp³-hybridized carbons (Fsp3) is 0.400. The predicted octanol–water partition coefficient (Wildman–Crippen LogP) is 4.53. The highest BCUT2D eigenvalue weighted by molar-refractivity contribution is 5.87. The van der Waals surface area contributed by atoms with Crippen molar-refractivity contribution in [3.63, 3.8) is 0 Å². The Hall–Kier alpha value is -2.86. The van der Waals surface area contributed by atoms with Crippen LogP contribution in [0.4, 0.5) is 10.1 Å². The fourth-order valence-corrected chi connectivity index (χ4v) is 4.23. The number of hydrogen-bond acceptors (Lipinski definition) is 5. The maximum Gasteiger partial charge on any atom is 0.336 e. The summed E-state index contributed by atoms with van der Waals surface area (Å²) in [6.07, 6.45) is 1.98. The number of aryl methyl sites for hydroxylation is 2. The van der Waals surface area contributed by atoms with Crippen molar-refractivity contribution in [2.24, 2.45) is 0 Å². The number of rotatable bonds is 7. The summed E-state index contributed by atoms with van der Waals surface area (Å²) in [6, 6.07) is 12.4. The number of fused-ring (bicyclic) bond motifs is 1. The summed E-state index contributed by atoms with van der Waals surface area (Å²) in [4.78, 5) is 16.2. The number of hydrogen-bond donors (Lipinski definition) is 0. The largest absolute Gasteiger partial charge is 0.493 e. The molecule has 0 unspecified atom stereocenters. The van der Waals surface area contributed by atoms with E-state index in [9.17, 15) is 9.18 Å². The van der Waals surface area contributed by atoms with Crippen LogP contribution in [-0.2, 0) is 0 Å². The molecule has 0 radical (unpaired) electrons. The van der Waals surface area contributed by atoms with E-state index in [4.69, 9.17) is 9.15 Å². The van der Waals surface area contributed by atoms with Crippen molar-refractivity contribution in [3.05, 3.63) is 69.8 Å². The van der Waals surface area contributed by atoms with Crippen molar-refractivity contribution in [2.75, 3.05) is 44.2 Å². The number of nitrogens with zero attached hydrogens (tertiary/aromatic N) is 2. The van der Waals surface area contributed by atoms with Gasteiger partial charge in [0.15, 0.2) is 0 Å². The number of ether oxygens (including phenoxy) is 1. The van der Waals surface area contributed by atoms with Crippen LogP contribution in [0.3, 0.4) is 0 Å². The SMILES string of the molecule is Cc1cc(OCCCCN2CCN(c3ccccc3F)CC2)c2c(C)cc(=O)oc2c1. The van der Waals surface area contributed by atoms with E-state index in [-0.39, 0.29) is 11.4 Å². The molecule has 0 saturated carbocycles. The maximum atomic E-state index is 14.0. The smallest absolute Gasteiger partial charge is 0.336 e. The first-order valence-corrected chi connectivity index (χ1v) is 10.9. The van der Waals surface area contributed by atoms with Crippen LogP contribution in [0.2, 0.25) is 0 Å². The lowest BCUT2D eigenvalue weighted by atomic mass is 10.1. The summed E-state index contributed by atoms with van der Waals surface area (Å²) in [7, 11) is 0. The van der Waals surface area contributed by atoms with E-state index in [1.54, 1.807) is 6.07 Å². The summed E-state index contributed by atoms with van der Waals surface area (Å²) in [5.74, 6) is 0.626. The Morgan fingerprint density at radius 3 is 2.58 bits per heavy atom. The quantitative estimate of drug-likeness (QED) is 0.412. The van der Waals surface area contributed by atoms with E-state index in [1.165, 1.54) is 12.1 Å². The topological polar surface area (TPSA) is 45.9 Å². The molecule has 5 nitrogen and oxygen atoms in total. The van der Waals surface area contributed by atoms with Gasteiger partial charge >= 0.3 is 5.63 Å². The Kier molecular flexibility index (Phi) is 6.56. The molecule has 164 valence electrons. The second-order valence-electron chi connectivity index (χ2n) is 8.22. The van der Waals surface area contributed by atoms with Crippen molar-refractivity contribution in [1.29, 1.82) is 0 Å². The van der Waals surface area contributed by atoms with E-state index in [1.807, 2.05) is 38.1 Å². The van der Waals surface area contributed by atoms with Gasteiger partial charge in [-0.2, -0.15) is 0 Å².